The van der Waals surface area contributed by atoms with Gasteiger partial charge in [-0.15, -0.1) is 0 Å². The molecule has 1 fully saturated rings. The number of aliphatic hydroxyl groups excluding tert-OH is 1. The average Bonchev–Trinajstić information content (AvgIpc) is 3.38. The van der Waals surface area contributed by atoms with Crippen molar-refractivity contribution in [3.8, 4) is 5.75 Å². The number of Topliss-reactive ketones (excluding diaryl/α,β-unsaturated/α-hetero) is 1. The number of ketones is 1. The number of aromatic nitrogens is 1. The van der Waals surface area contributed by atoms with Crippen LogP contribution >= 0.6 is 0 Å². The number of pyridine rings is 1. The van der Waals surface area contributed by atoms with Crippen LogP contribution in [0.2, 0.25) is 0 Å². The van der Waals surface area contributed by atoms with E-state index in [-0.39, 0.29) is 17.9 Å². The zero-order chi connectivity index (χ0) is 22.1. The predicted molar refractivity (Wildman–Crippen MR) is 113 cm³/mol. The molecule has 31 heavy (non-hydrogen) atoms. The molecule has 1 N–H and O–H groups in total. The summed E-state index contributed by atoms with van der Waals surface area (Å²) >= 11 is 0. The Bertz CT molecular complexity index is 1170. The van der Waals surface area contributed by atoms with Gasteiger partial charge in [-0.25, -0.2) is 0 Å². The van der Waals surface area contributed by atoms with Gasteiger partial charge < -0.3 is 19.2 Å². The highest BCUT2D eigenvalue weighted by Crippen LogP contribution is 2.41. The fourth-order valence-electron chi connectivity index (χ4n) is 3.88. The number of methoxy groups -OCH3 is 1. The van der Waals surface area contributed by atoms with Crippen LogP contribution in [-0.4, -0.2) is 33.8 Å². The van der Waals surface area contributed by atoms with Crippen molar-refractivity contribution in [3.63, 3.8) is 0 Å². The van der Waals surface area contributed by atoms with E-state index in [9.17, 15) is 14.7 Å². The number of furan rings is 1. The van der Waals surface area contributed by atoms with Gasteiger partial charge in [-0.2, -0.15) is 0 Å². The Labute approximate surface area is 179 Å². The van der Waals surface area contributed by atoms with Crippen LogP contribution in [0.15, 0.2) is 65.0 Å². The van der Waals surface area contributed by atoms with Gasteiger partial charge in [0.25, 0.3) is 11.7 Å². The van der Waals surface area contributed by atoms with E-state index in [2.05, 4.69) is 4.98 Å². The van der Waals surface area contributed by atoms with Crippen molar-refractivity contribution in [3.05, 3.63) is 88.6 Å². The second-order valence-corrected chi connectivity index (χ2v) is 7.43. The summed E-state index contributed by atoms with van der Waals surface area (Å²) in [5.41, 5.74) is 2.80. The number of benzene rings is 1. The zero-order valence-corrected chi connectivity index (χ0v) is 17.5. The van der Waals surface area contributed by atoms with Gasteiger partial charge >= 0.3 is 0 Å². The van der Waals surface area contributed by atoms with E-state index in [1.807, 2.05) is 13.8 Å². The number of nitrogens with zero attached hydrogens (tertiary/aromatic N) is 2. The molecule has 1 aliphatic heterocycles. The lowest BCUT2D eigenvalue weighted by atomic mass is 9.95. The van der Waals surface area contributed by atoms with E-state index in [4.69, 9.17) is 9.15 Å². The highest BCUT2D eigenvalue weighted by molar-refractivity contribution is 6.46. The maximum Gasteiger partial charge on any atom is 0.296 e. The number of aliphatic hydroxyl groups is 1. The van der Waals surface area contributed by atoms with Gasteiger partial charge in [-0.05, 0) is 66.9 Å². The Kier molecular flexibility index (Phi) is 5.33. The van der Waals surface area contributed by atoms with Crippen molar-refractivity contribution in [2.24, 2.45) is 0 Å². The van der Waals surface area contributed by atoms with Gasteiger partial charge in [0.15, 0.2) is 0 Å². The molecular weight excluding hydrogens is 396 g/mol. The maximum atomic E-state index is 13.1. The summed E-state index contributed by atoms with van der Waals surface area (Å²) in [6, 6.07) is 9.62. The lowest BCUT2D eigenvalue weighted by Crippen LogP contribution is -2.29. The molecule has 7 heteroatoms. The number of ether oxygens (including phenoxy) is 1. The van der Waals surface area contributed by atoms with E-state index in [1.54, 1.807) is 55.9 Å². The van der Waals surface area contributed by atoms with Gasteiger partial charge in [0.05, 0.1) is 18.9 Å². The fraction of sp³-hybridized carbons (Fsp3) is 0.208. The summed E-state index contributed by atoms with van der Waals surface area (Å²) in [6.07, 6.45) is 4.72. The molecule has 1 amide bonds. The second-order valence-electron chi connectivity index (χ2n) is 7.43. The van der Waals surface area contributed by atoms with Crippen LogP contribution in [0.1, 0.15) is 34.1 Å². The molecule has 158 valence electrons. The molecule has 1 saturated heterocycles. The summed E-state index contributed by atoms with van der Waals surface area (Å²) in [6.45, 7) is 3.84. The van der Waals surface area contributed by atoms with Crippen LogP contribution in [0, 0.1) is 13.8 Å². The number of hydrogen-bond donors (Lipinski definition) is 1. The molecule has 0 aliphatic carbocycles. The largest absolute Gasteiger partial charge is 0.507 e. The molecule has 7 nitrogen and oxygen atoms in total. The van der Waals surface area contributed by atoms with E-state index >= 15 is 0 Å². The number of likely N-dealkylation sites (tertiary alicyclic amines) is 1. The van der Waals surface area contributed by atoms with E-state index < -0.39 is 17.7 Å². The highest BCUT2D eigenvalue weighted by Gasteiger charge is 2.47. The summed E-state index contributed by atoms with van der Waals surface area (Å²) in [5, 5.41) is 11.2. The molecular formula is C24H22N2O5. The van der Waals surface area contributed by atoms with Gasteiger partial charge in [0.1, 0.15) is 23.3 Å². The number of carbonyl (C=O) groups excluding carboxylic acids is 2. The van der Waals surface area contributed by atoms with Gasteiger partial charge in [0.2, 0.25) is 0 Å². The molecule has 1 atom stereocenters. The first kappa shape index (κ1) is 20.4. The molecule has 1 aliphatic rings. The van der Waals surface area contributed by atoms with E-state index in [0.717, 1.165) is 16.7 Å². The normalized spacial score (nSPS) is 17.9. The standard InChI is InChI=1S/C24H22N2O5/c1-14-12-19(30-3)15(2)11-17(14)22(27)20-21(18-5-4-10-31-18)26(24(29)23(20)28)13-16-6-8-25-9-7-16/h4-12,21,27H,13H2,1-3H3/b22-20-. The van der Waals surface area contributed by atoms with E-state index in [1.165, 1.54) is 11.2 Å². The summed E-state index contributed by atoms with van der Waals surface area (Å²) in [5.74, 6) is -0.601. The monoisotopic (exact) mass is 418 g/mol. The van der Waals surface area contributed by atoms with Crippen LogP contribution in [0.4, 0.5) is 0 Å². The molecule has 2 aromatic heterocycles. The Morgan fingerprint density at radius 3 is 2.55 bits per heavy atom. The van der Waals surface area contributed by atoms with Crippen molar-refractivity contribution in [2.45, 2.75) is 26.4 Å². The minimum atomic E-state index is -0.843. The fourth-order valence-corrected chi connectivity index (χ4v) is 3.88. The molecule has 3 heterocycles. The van der Waals surface area contributed by atoms with Crippen LogP contribution in [0.3, 0.4) is 0 Å². The Hall–Kier alpha value is -3.87. The van der Waals surface area contributed by atoms with Crippen molar-refractivity contribution < 1.29 is 23.8 Å². The molecule has 3 aromatic rings. The third-order valence-electron chi connectivity index (χ3n) is 5.45. The Morgan fingerprint density at radius 1 is 1.16 bits per heavy atom. The highest BCUT2D eigenvalue weighted by atomic mass is 16.5. The molecule has 1 unspecified atom stereocenters. The summed E-state index contributed by atoms with van der Waals surface area (Å²) < 4.78 is 10.9. The Morgan fingerprint density at radius 2 is 1.90 bits per heavy atom. The van der Waals surface area contributed by atoms with Gasteiger partial charge in [-0.3, -0.25) is 14.6 Å². The van der Waals surface area contributed by atoms with Gasteiger partial charge in [0, 0.05) is 24.5 Å². The van der Waals surface area contributed by atoms with Crippen LogP contribution in [0.25, 0.3) is 5.76 Å². The van der Waals surface area contributed by atoms with E-state index in [0.29, 0.717) is 17.1 Å². The molecule has 1 aromatic carbocycles. The minimum absolute atomic E-state index is 0.00155. The maximum absolute atomic E-state index is 13.1. The Balaban J connectivity index is 1.87. The van der Waals surface area contributed by atoms with Crippen LogP contribution in [0.5, 0.6) is 5.75 Å². The van der Waals surface area contributed by atoms with Crippen molar-refractivity contribution in [1.82, 2.24) is 9.88 Å². The number of carbonyl (C=O) groups is 2. The number of hydrogen-bond acceptors (Lipinski definition) is 6. The molecule has 4 rings (SSSR count). The number of aryl methyl sites for hydroxylation is 2. The van der Waals surface area contributed by atoms with Crippen LogP contribution in [-0.2, 0) is 16.1 Å². The van der Waals surface area contributed by atoms with Crippen LogP contribution < -0.4 is 4.74 Å². The second kappa shape index (κ2) is 8.10. The molecule has 0 saturated carbocycles. The first-order valence-electron chi connectivity index (χ1n) is 9.78. The first-order chi connectivity index (χ1) is 14.9. The lowest BCUT2D eigenvalue weighted by molar-refractivity contribution is -0.140. The third-order valence-corrected chi connectivity index (χ3v) is 5.45. The van der Waals surface area contributed by atoms with Gasteiger partial charge in [-0.1, -0.05) is 0 Å². The minimum Gasteiger partial charge on any atom is -0.507 e. The summed E-state index contributed by atoms with van der Waals surface area (Å²) in [7, 11) is 1.57. The third kappa shape index (κ3) is 3.59. The van der Waals surface area contributed by atoms with Crippen molar-refractivity contribution in [2.75, 3.05) is 7.11 Å². The molecule has 0 radical (unpaired) electrons. The lowest BCUT2D eigenvalue weighted by Gasteiger charge is -2.23. The quantitative estimate of drug-likeness (QED) is 0.384. The smallest absolute Gasteiger partial charge is 0.296 e. The first-order valence-corrected chi connectivity index (χ1v) is 9.78. The SMILES string of the molecule is COc1cc(C)c(/C(O)=C2/C(=O)C(=O)N(Cc3ccncc3)C2c2ccco2)cc1C. The van der Waals surface area contributed by atoms with Crippen molar-refractivity contribution in [1.29, 1.82) is 0 Å². The topological polar surface area (TPSA) is 92.9 Å². The summed E-state index contributed by atoms with van der Waals surface area (Å²) in [4.78, 5) is 31.4. The molecule has 0 bridgehead atoms. The zero-order valence-electron chi connectivity index (χ0n) is 17.5. The molecule has 0 spiro atoms. The predicted octanol–water partition coefficient (Wildman–Crippen LogP) is 3.92. The van der Waals surface area contributed by atoms with Crippen molar-refractivity contribution >= 4 is 17.4 Å². The average molecular weight is 418 g/mol. The number of rotatable bonds is 5. The number of amides is 1.